The zero-order valence-corrected chi connectivity index (χ0v) is 46.9. The summed E-state index contributed by atoms with van der Waals surface area (Å²) in [5.74, 6) is -0.501. The molecule has 0 amide bonds. The molecule has 0 bridgehead atoms. The van der Waals surface area contributed by atoms with Gasteiger partial charge in [0.15, 0.2) is 0 Å². The van der Waals surface area contributed by atoms with E-state index in [0.717, 1.165) is 129 Å². The number of nitrogens with zero attached hydrogens (tertiary/aromatic N) is 2. The molecule has 0 saturated carbocycles. The average molecular weight is 1090 g/mol. The summed E-state index contributed by atoms with van der Waals surface area (Å²) in [6.07, 6.45) is 6.46. The van der Waals surface area contributed by atoms with E-state index in [4.69, 9.17) is 0 Å². The van der Waals surface area contributed by atoms with E-state index in [-0.39, 0.29) is 11.4 Å². The molecule has 8 heteroatoms. The van der Waals surface area contributed by atoms with Gasteiger partial charge in [-0.05, 0) is 216 Å². The van der Waals surface area contributed by atoms with E-state index in [1.165, 1.54) is 18.2 Å². The maximum Gasteiger partial charge on any atom is 0.418 e. The highest BCUT2D eigenvalue weighted by atomic mass is 19.4. The van der Waals surface area contributed by atoms with E-state index in [1.807, 2.05) is 124 Å². The molecular formula is C74H60F6N2. The van der Waals surface area contributed by atoms with Crippen LogP contribution in [0.4, 0.5) is 49.1 Å². The number of benzene rings is 8. The van der Waals surface area contributed by atoms with Crippen molar-refractivity contribution < 1.29 is 26.3 Å². The molecule has 2 unspecified atom stereocenters. The largest absolute Gasteiger partial charge is 0.418 e. The second kappa shape index (κ2) is 20.6. The Hall–Kier alpha value is -8.88. The van der Waals surface area contributed by atoms with Crippen molar-refractivity contribution in [1.82, 2.24) is 0 Å². The van der Waals surface area contributed by atoms with Gasteiger partial charge in [-0.2, -0.15) is 26.3 Å². The highest BCUT2D eigenvalue weighted by Gasteiger charge is 2.44. The lowest BCUT2D eigenvalue weighted by Gasteiger charge is -2.44. The van der Waals surface area contributed by atoms with Crippen molar-refractivity contribution >= 4 is 22.7 Å². The van der Waals surface area contributed by atoms with Gasteiger partial charge < -0.3 is 9.80 Å². The summed E-state index contributed by atoms with van der Waals surface area (Å²) in [6, 6.07) is 47.7. The van der Waals surface area contributed by atoms with Crippen molar-refractivity contribution in [3.05, 3.63) is 296 Å². The molecule has 12 rings (SSSR count). The number of aryl methyl sites for hydroxylation is 8. The van der Waals surface area contributed by atoms with Gasteiger partial charge in [-0.25, -0.2) is 0 Å². The van der Waals surface area contributed by atoms with Crippen molar-refractivity contribution in [3.63, 3.8) is 0 Å². The van der Waals surface area contributed by atoms with Gasteiger partial charge in [-0.15, -0.1) is 0 Å². The molecule has 0 N–H and O–H groups in total. The van der Waals surface area contributed by atoms with Gasteiger partial charge in [0.1, 0.15) is 0 Å². The van der Waals surface area contributed by atoms with E-state index in [2.05, 4.69) is 94.4 Å². The average Bonchev–Trinajstić information content (AvgIpc) is 1.95. The number of halogens is 6. The summed E-state index contributed by atoms with van der Waals surface area (Å²) in [4.78, 5) is 3.60. The van der Waals surface area contributed by atoms with Crippen LogP contribution in [0.2, 0.25) is 0 Å². The first kappa shape index (κ1) is 53.7. The molecule has 4 aliphatic carbocycles. The quantitative estimate of drug-likeness (QED) is 0.126. The monoisotopic (exact) mass is 1090 g/mol. The SMILES string of the molecule is Cc1ccc(-c2ccc(N(C3=C4C=CC5=C6C(=CC=C(C=C3)C46)C(N(c3ccc(-c4ccc(C)c(C)c4)cc3-c3ccc(C)c(C)c3)c3ccccc3C(F)(F)F)C=C5)c3ccccc3C(F)(F)F)c(-c3ccc(C)c(C)c3)c2)cc1C. The summed E-state index contributed by atoms with van der Waals surface area (Å²) in [7, 11) is 0. The number of hydrogen-bond donors (Lipinski definition) is 0. The van der Waals surface area contributed by atoms with Crippen molar-refractivity contribution in [3.8, 4) is 44.5 Å². The Labute approximate surface area is 476 Å². The Bertz CT molecular complexity index is 4190. The predicted molar refractivity (Wildman–Crippen MR) is 325 cm³/mol. The normalized spacial score (nSPS) is 16.3. The molecular weight excluding hydrogens is 1030 g/mol. The summed E-state index contributed by atoms with van der Waals surface area (Å²) >= 11 is 0. The van der Waals surface area contributed by atoms with E-state index < -0.39 is 35.4 Å². The lowest BCUT2D eigenvalue weighted by Crippen LogP contribution is -2.38. The molecule has 0 radical (unpaired) electrons. The Morgan fingerprint density at radius 3 is 1.37 bits per heavy atom. The first-order valence-corrected chi connectivity index (χ1v) is 27.7. The van der Waals surface area contributed by atoms with Crippen LogP contribution in [0.1, 0.15) is 55.6 Å². The first-order chi connectivity index (χ1) is 39.2. The first-order valence-electron chi connectivity index (χ1n) is 27.7. The molecule has 2 atom stereocenters. The fourth-order valence-electron chi connectivity index (χ4n) is 12.1. The number of rotatable bonds is 10. The summed E-state index contributed by atoms with van der Waals surface area (Å²) in [5.41, 5.74) is 20.0. The fraction of sp³-hybridized carbons (Fsp3) is 0.162. The van der Waals surface area contributed by atoms with E-state index in [9.17, 15) is 0 Å². The Morgan fingerprint density at radius 2 is 0.829 bits per heavy atom. The van der Waals surface area contributed by atoms with Crippen LogP contribution in [0.25, 0.3) is 44.5 Å². The van der Waals surface area contributed by atoms with E-state index in [0.29, 0.717) is 17.1 Å². The van der Waals surface area contributed by atoms with Crippen molar-refractivity contribution in [2.45, 2.75) is 73.8 Å². The summed E-state index contributed by atoms with van der Waals surface area (Å²) in [5, 5.41) is 0. The molecule has 0 heterocycles. The van der Waals surface area contributed by atoms with Gasteiger partial charge in [0.05, 0.1) is 39.9 Å². The molecule has 0 spiro atoms. The Balaban J connectivity index is 1.07. The third-order valence-electron chi connectivity index (χ3n) is 17.2. The Kier molecular flexibility index (Phi) is 13.5. The number of anilines is 4. The maximum atomic E-state index is 15.7. The Morgan fingerprint density at radius 1 is 0.378 bits per heavy atom. The van der Waals surface area contributed by atoms with Gasteiger partial charge in [-0.3, -0.25) is 0 Å². The van der Waals surface area contributed by atoms with Crippen LogP contribution in [0.3, 0.4) is 0 Å². The molecule has 82 heavy (non-hydrogen) atoms. The van der Waals surface area contributed by atoms with Gasteiger partial charge >= 0.3 is 12.4 Å². The second-order valence-corrected chi connectivity index (χ2v) is 22.3. The molecule has 2 nitrogen and oxygen atoms in total. The maximum absolute atomic E-state index is 15.7. The molecule has 0 aromatic heterocycles. The minimum absolute atomic E-state index is 0.0159. The number of para-hydroxylation sites is 2. The third kappa shape index (κ3) is 9.57. The molecule has 0 saturated heterocycles. The van der Waals surface area contributed by atoms with Crippen LogP contribution < -0.4 is 9.80 Å². The number of allylic oxidation sites excluding steroid dienone is 10. The van der Waals surface area contributed by atoms with Crippen LogP contribution in [-0.4, -0.2) is 6.04 Å². The third-order valence-corrected chi connectivity index (χ3v) is 17.2. The molecule has 8 aromatic rings. The van der Waals surface area contributed by atoms with E-state index >= 15 is 26.3 Å². The number of hydrogen-bond acceptors (Lipinski definition) is 2. The molecule has 8 aromatic carbocycles. The van der Waals surface area contributed by atoms with Gasteiger partial charge in [0.2, 0.25) is 0 Å². The zero-order chi connectivity index (χ0) is 57.5. The van der Waals surface area contributed by atoms with Crippen LogP contribution in [0.5, 0.6) is 0 Å². The molecule has 4 aliphatic rings. The molecule has 0 fully saturated rings. The summed E-state index contributed by atoms with van der Waals surface area (Å²) in [6.45, 7) is 16.4. The lowest BCUT2D eigenvalue weighted by molar-refractivity contribution is -0.137. The van der Waals surface area contributed by atoms with Crippen LogP contribution in [0.15, 0.2) is 240 Å². The predicted octanol–water partition coefficient (Wildman–Crippen LogP) is 20.9. The molecule has 408 valence electrons. The minimum Gasteiger partial charge on any atom is -0.329 e. The second-order valence-electron chi connectivity index (χ2n) is 22.3. The number of alkyl halides is 6. The van der Waals surface area contributed by atoms with Crippen molar-refractivity contribution in [2.75, 3.05) is 9.80 Å². The highest BCUT2D eigenvalue weighted by Crippen LogP contribution is 2.55. The van der Waals surface area contributed by atoms with Crippen molar-refractivity contribution in [1.29, 1.82) is 0 Å². The highest BCUT2D eigenvalue weighted by molar-refractivity contribution is 5.92. The smallest absolute Gasteiger partial charge is 0.329 e. The minimum atomic E-state index is -4.73. The molecule has 0 aliphatic heterocycles. The topological polar surface area (TPSA) is 6.48 Å². The lowest BCUT2D eigenvalue weighted by atomic mass is 9.67. The zero-order valence-electron chi connectivity index (χ0n) is 46.9. The van der Waals surface area contributed by atoms with Crippen LogP contribution in [0, 0.1) is 61.3 Å². The fourth-order valence-corrected chi connectivity index (χ4v) is 12.1. The van der Waals surface area contributed by atoms with Crippen LogP contribution >= 0.6 is 0 Å². The summed E-state index contributed by atoms with van der Waals surface area (Å²) < 4.78 is 94.1. The van der Waals surface area contributed by atoms with Gasteiger partial charge in [-0.1, -0.05) is 152 Å². The van der Waals surface area contributed by atoms with E-state index in [1.54, 1.807) is 23.1 Å². The van der Waals surface area contributed by atoms with Gasteiger partial charge in [0.25, 0.3) is 0 Å². The van der Waals surface area contributed by atoms with Crippen LogP contribution in [-0.2, 0) is 12.4 Å². The standard InChI is InChI=1S/C74H60F6N2/c1-43-17-21-53(37-47(43)5)55-29-35-67(61(41-55)57-23-19-45(3)49(7)39-57)81(69-15-11-9-13-63(69)73(75,76)77)65-33-27-51-26-32-60-66(34-28-52-25-31-59(65)71(51)72(52)60)82(70-16-12-10-14-64(70)74(78,79)80)68-36-30-56(54-22-18-44(2)48(6)38-54)42-62(68)58-24-20-46(4)50(8)40-58/h9-42,65,72H,1-8H3. The van der Waals surface area contributed by atoms with Gasteiger partial charge in [0, 0.05) is 22.7 Å². The van der Waals surface area contributed by atoms with Crippen molar-refractivity contribution in [2.24, 2.45) is 5.92 Å².